The van der Waals surface area contributed by atoms with Gasteiger partial charge in [-0.15, -0.1) is 6.58 Å². The van der Waals surface area contributed by atoms with Crippen molar-refractivity contribution in [3.8, 4) is 0 Å². The third kappa shape index (κ3) is 6.01. The molecule has 0 aromatic carbocycles. The minimum Gasteiger partial charge on any atom is -0.364 e. The number of ether oxygens (including phenoxy) is 1. The van der Waals surface area contributed by atoms with Crippen molar-refractivity contribution in [1.82, 2.24) is 4.90 Å². The molecule has 0 bridgehead atoms. The van der Waals surface area contributed by atoms with Crippen LogP contribution >= 0.6 is 0 Å². The summed E-state index contributed by atoms with van der Waals surface area (Å²) >= 11 is 0. The Morgan fingerprint density at radius 3 is 2.33 bits per heavy atom. The van der Waals surface area contributed by atoms with E-state index in [0.29, 0.717) is 0 Å². The third-order valence-electron chi connectivity index (χ3n) is 1.94. The van der Waals surface area contributed by atoms with Crippen LogP contribution in [0.1, 0.15) is 20.3 Å². The second-order valence-electron chi connectivity index (χ2n) is 4.10. The predicted molar refractivity (Wildman–Crippen MR) is 58.5 cm³/mol. The van der Waals surface area contributed by atoms with Crippen LogP contribution in [0.5, 0.6) is 0 Å². The molecule has 86 valence electrons. The van der Waals surface area contributed by atoms with Gasteiger partial charge in [-0.05, 0) is 13.8 Å². The van der Waals surface area contributed by atoms with Crippen LogP contribution < -0.4 is 0 Å². The van der Waals surface area contributed by atoms with E-state index in [0.717, 1.165) is 0 Å². The number of nitrogens with zero attached hydrogens (tertiary/aromatic N) is 1. The molecule has 0 saturated carbocycles. The average molecular weight is 213 g/mol. The van der Waals surface area contributed by atoms with Gasteiger partial charge >= 0.3 is 0 Å². The van der Waals surface area contributed by atoms with E-state index in [1.165, 1.54) is 4.90 Å². The van der Waals surface area contributed by atoms with Crippen molar-refractivity contribution in [1.29, 1.82) is 0 Å². The number of hydrogen-bond acceptors (Lipinski definition) is 3. The molecule has 0 aromatic heterocycles. The van der Waals surface area contributed by atoms with Crippen LogP contribution in [0.15, 0.2) is 12.7 Å². The van der Waals surface area contributed by atoms with Crippen LogP contribution in [0.3, 0.4) is 0 Å². The molecule has 1 amide bonds. The summed E-state index contributed by atoms with van der Waals surface area (Å²) in [7, 11) is 3.23. The van der Waals surface area contributed by atoms with Gasteiger partial charge in [0.25, 0.3) is 0 Å². The Balaban J connectivity index is 3.96. The zero-order chi connectivity index (χ0) is 12.1. The molecule has 0 aliphatic rings. The van der Waals surface area contributed by atoms with E-state index in [9.17, 15) is 9.59 Å². The Morgan fingerprint density at radius 2 is 1.93 bits per heavy atom. The highest BCUT2D eigenvalue weighted by Gasteiger charge is 2.17. The van der Waals surface area contributed by atoms with Gasteiger partial charge in [-0.3, -0.25) is 9.59 Å². The maximum atomic E-state index is 11.3. The number of Topliss-reactive ketones (excluding diaryl/α,β-unsaturated/α-hetero) is 1. The standard InChI is InChI=1S/C11H19NO3/c1-6-11(2,3)15-8-9(13)7-10(14)12(4)5/h6H,1,7-8H2,2-5H3. The molecule has 0 aliphatic carbocycles. The highest BCUT2D eigenvalue weighted by molar-refractivity contribution is 5.98. The van der Waals surface area contributed by atoms with Crippen LogP contribution in [0.4, 0.5) is 0 Å². The van der Waals surface area contributed by atoms with Crippen molar-refractivity contribution < 1.29 is 14.3 Å². The minimum atomic E-state index is -0.531. The maximum Gasteiger partial charge on any atom is 0.229 e. The van der Waals surface area contributed by atoms with Gasteiger partial charge in [0.2, 0.25) is 5.91 Å². The molecule has 0 radical (unpaired) electrons. The summed E-state index contributed by atoms with van der Waals surface area (Å²) in [4.78, 5) is 23.9. The Bertz CT molecular complexity index is 257. The molecule has 0 spiro atoms. The molecule has 15 heavy (non-hydrogen) atoms. The largest absolute Gasteiger partial charge is 0.364 e. The summed E-state index contributed by atoms with van der Waals surface area (Å²) in [5.41, 5.74) is -0.531. The highest BCUT2D eigenvalue weighted by atomic mass is 16.5. The van der Waals surface area contributed by atoms with Gasteiger partial charge < -0.3 is 9.64 Å². The lowest BCUT2D eigenvalue weighted by Gasteiger charge is -2.20. The van der Waals surface area contributed by atoms with Crippen molar-refractivity contribution in [3.05, 3.63) is 12.7 Å². The summed E-state index contributed by atoms with van der Waals surface area (Å²) in [6, 6.07) is 0. The zero-order valence-corrected chi connectivity index (χ0v) is 9.87. The van der Waals surface area contributed by atoms with Gasteiger partial charge in [0.15, 0.2) is 5.78 Å². The summed E-state index contributed by atoms with van der Waals surface area (Å²) in [6.45, 7) is 7.14. The van der Waals surface area contributed by atoms with Crippen LogP contribution in [-0.4, -0.2) is 42.9 Å². The summed E-state index contributed by atoms with van der Waals surface area (Å²) < 4.78 is 5.28. The first-order valence-electron chi connectivity index (χ1n) is 4.78. The Hall–Kier alpha value is -1.16. The molecule has 0 unspecified atom stereocenters. The first-order valence-corrected chi connectivity index (χ1v) is 4.78. The van der Waals surface area contributed by atoms with E-state index in [2.05, 4.69) is 6.58 Å². The smallest absolute Gasteiger partial charge is 0.229 e. The quantitative estimate of drug-likeness (QED) is 0.489. The monoisotopic (exact) mass is 213 g/mol. The second-order valence-corrected chi connectivity index (χ2v) is 4.10. The van der Waals surface area contributed by atoms with Gasteiger partial charge in [-0.25, -0.2) is 0 Å². The number of carbonyl (C=O) groups excluding carboxylic acids is 2. The number of ketones is 1. The fourth-order valence-corrected chi connectivity index (χ4v) is 0.703. The molecular weight excluding hydrogens is 194 g/mol. The van der Waals surface area contributed by atoms with Crippen molar-refractivity contribution in [2.45, 2.75) is 25.9 Å². The lowest BCUT2D eigenvalue weighted by Crippen LogP contribution is -2.29. The van der Waals surface area contributed by atoms with E-state index in [4.69, 9.17) is 4.74 Å². The second kappa shape index (κ2) is 5.66. The first-order chi connectivity index (χ1) is 6.78. The van der Waals surface area contributed by atoms with Crippen LogP contribution in [0.25, 0.3) is 0 Å². The first kappa shape index (κ1) is 13.8. The summed E-state index contributed by atoms with van der Waals surface area (Å²) in [6.07, 6.45) is 1.51. The summed E-state index contributed by atoms with van der Waals surface area (Å²) in [5, 5.41) is 0. The number of amides is 1. The molecule has 0 aromatic rings. The molecule has 0 rings (SSSR count). The van der Waals surface area contributed by atoms with Crippen LogP contribution in [-0.2, 0) is 14.3 Å². The Labute approximate surface area is 90.9 Å². The van der Waals surface area contributed by atoms with Gasteiger partial charge in [-0.2, -0.15) is 0 Å². The lowest BCUT2D eigenvalue weighted by molar-refractivity contribution is -0.136. The molecule has 0 saturated heterocycles. The minimum absolute atomic E-state index is 0.0569. The van der Waals surface area contributed by atoms with E-state index in [-0.39, 0.29) is 24.7 Å². The van der Waals surface area contributed by atoms with Gasteiger partial charge in [0.1, 0.15) is 6.61 Å². The molecule has 0 aliphatic heterocycles. The van der Waals surface area contributed by atoms with Crippen LogP contribution in [0, 0.1) is 0 Å². The zero-order valence-electron chi connectivity index (χ0n) is 9.87. The van der Waals surface area contributed by atoms with Crippen molar-refractivity contribution in [3.63, 3.8) is 0 Å². The van der Waals surface area contributed by atoms with Crippen molar-refractivity contribution in [2.24, 2.45) is 0 Å². The molecule has 0 fully saturated rings. The molecule has 0 N–H and O–H groups in total. The van der Waals surface area contributed by atoms with Crippen molar-refractivity contribution in [2.75, 3.05) is 20.7 Å². The third-order valence-corrected chi connectivity index (χ3v) is 1.94. The average Bonchev–Trinajstić information content (AvgIpc) is 2.15. The molecule has 0 atom stereocenters. The van der Waals surface area contributed by atoms with E-state index >= 15 is 0 Å². The topological polar surface area (TPSA) is 46.6 Å². The molecule has 0 heterocycles. The predicted octanol–water partition coefficient (Wildman–Crippen LogP) is 1.01. The molecule has 4 nitrogen and oxygen atoms in total. The number of carbonyl (C=O) groups is 2. The fourth-order valence-electron chi connectivity index (χ4n) is 0.703. The van der Waals surface area contributed by atoms with Gasteiger partial charge in [-0.1, -0.05) is 6.08 Å². The normalized spacial score (nSPS) is 10.9. The van der Waals surface area contributed by atoms with Crippen LogP contribution in [0.2, 0.25) is 0 Å². The maximum absolute atomic E-state index is 11.3. The molecular formula is C11H19NO3. The Morgan fingerprint density at radius 1 is 1.40 bits per heavy atom. The van der Waals surface area contributed by atoms with Gasteiger partial charge in [0.05, 0.1) is 12.0 Å². The van der Waals surface area contributed by atoms with E-state index in [1.807, 2.05) is 0 Å². The highest BCUT2D eigenvalue weighted by Crippen LogP contribution is 2.09. The van der Waals surface area contributed by atoms with Crippen molar-refractivity contribution >= 4 is 11.7 Å². The SMILES string of the molecule is C=CC(C)(C)OCC(=O)CC(=O)N(C)C. The number of rotatable bonds is 6. The fraction of sp³-hybridized carbons (Fsp3) is 0.636. The molecule has 4 heteroatoms. The lowest BCUT2D eigenvalue weighted by atomic mass is 10.1. The summed E-state index contributed by atoms with van der Waals surface area (Å²) in [5.74, 6) is -0.427. The number of hydrogen-bond donors (Lipinski definition) is 0. The van der Waals surface area contributed by atoms with Gasteiger partial charge in [0, 0.05) is 14.1 Å². The van der Waals surface area contributed by atoms with E-state index < -0.39 is 5.60 Å². The Kier molecular flexibility index (Phi) is 5.22. The van der Waals surface area contributed by atoms with E-state index in [1.54, 1.807) is 34.0 Å².